The molecule has 5 heteroatoms. The molecule has 1 aliphatic carbocycles. The van der Waals surface area contributed by atoms with Gasteiger partial charge in [-0.1, -0.05) is 26.2 Å². The molecule has 1 aliphatic rings. The number of carbonyl (C=O) groups is 1. The van der Waals surface area contributed by atoms with Gasteiger partial charge < -0.3 is 15.7 Å². The van der Waals surface area contributed by atoms with Gasteiger partial charge in [-0.15, -0.1) is 0 Å². The van der Waals surface area contributed by atoms with Crippen molar-refractivity contribution in [1.82, 2.24) is 10.3 Å². The number of pyridine rings is 1. The molecule has 0 aliphatic heterocycles. The zero-order valence-electron chi connectivity index (χ0n) is 12.6. The first-order chi connectivity index (χ1) is 10.2. The monoisotopic (exact) mass is 291 g/mol. The van der Waals surface area contributed by atoms with E-state index in [1.165, 1.54) is 0 Å². The summed E-state index contributed by atoms with van der Waals surface area (Å²) < 4.78 is 0. The van der Waals surface area contributed by atoms with Gasteiger partial charge in [-0.05, 0) is 25.3 Å². The molecule has 21 heavy (non-hydrogen) atoms. The number of nitrogens with zero attached hydrogens (tertiary/aromatic N) is 1. The van der Waals surface area contributed by atoms with Gasteiger partial charge in [-0.25, -0.2) is 0 Å². The Bertz CT molecular complexity index is 465. The molecule has 116 valence electrons. The molecule has 0 radical (unpaired) electrons. The molecule has 5 nitrogen and oxygen atoms in total. The summed E-state index contributed by atoms with van der Waals surface area (Å²) in [6.07, 6.45) is 8.61. The van der Waals surface area contributed by atoms with E-state index in [0.717, 1.165) is 50.8 Å². The zero-order valence-corrected chi connectivity index (χ0v) is 12.6. The Labute approximate surface area is 126 Å². The van der Waals surface area contributed by atoms with E-state index in [0.29, 0.717) is 5.56 Å². The van der Waals surface area contributed by atoms with E-state index in [9.17, 15) is 9.90 Å². The maximum Gasteiger partial charge on any atom is 0.255 e. The first-order valence-corrected chi connectivity index (χ1v) is 7.89. The van der Waals surface area contributed by atoms with Crippen LogP contribution in [0.5, 0.6) is 0 Å². The Kier molecular flexibility index (Phi) is 5.99. The van der Waals surface area contributed by atoms with Crippen LogP contribution in [-0.4, -0.2) is 34.7 Å². The summed E-state index contributed by atoms with van der Waals surface area (Å²) in [4.78, 5) is 16.5. The maximum atomic E-state index is 12.5. The van der Waals surface area contributed by atoms with Crippen LogP contribution < -0.4 is 10.6 Å². The van der Waals surface area contributed by atoms with Crippen LogP contribution in [0.25, 0.3) is 0 Å². The van der Waals surface area contributed by atoms with Crippen LogP contribution in [0.15, 0.2) is 18.5 Å². The van der Waals surface area contributed by atoms with Gasteiger partial charge in [-0.2, -0.15) is 0 Å². The van der Waals surface area contributed by atoms with E-state index in [1.54, 1.807) is 12.4 Å². The van der Waals surface area contributed by atoms with Crippen LogP contribution in [-0.2, 0) is 0 Å². The van der Waals surface area contributed by atoms with Crippen molar-refractivity contribution in [3.63, 3.8) is 0 Å². The largest absolute Gasteiger partial charge is 0.391 e. The number of nitrogens with one attached hydrogen (secondary N) is 2. The van der Waals surface area contributed by atoms with Crippen LogP contribution in [0.4, 0.5) is 5.69 Å². The Morgan fingerprint density at radius 3 is 3.00 bits per heavy atom. The molecule has 2 rings (SSSR count). The maximum absolute atomic E-state index is 12.5. The van der Waals surface area contributed by atoms with Crippen LogP contribution in [0, 0.1) is 0 Å². The molecule has 0 aromatic carbocycles. The Balaban J connectivity index is 2.05. The number of anilines is 1. The first-order valence-electron chi connectivity index (χ1n) is 7.89. The molecule has 1 aromatic heterocycles. The topological polar surface area (TPSA) is 74.2 Å². The SMILES string of the molecule is CCCNc1ccncc1C(=O)NC1CCCCCC1O. The van der Waals surface area contributed by atoms with Crippen LogP contribution in [0.2, 0.25) is 0 Å². The van der Waals surface area contributed by atoms with Crippen LogP contribution >= 0.6 is 0 Å². The van der Waals surface area contributed by atoms with Gasteiger partial charge in [-0.3, -0.25) is 9.78 Å². The van der Waals surface area contributed by atoms with Crippen molar-refractivity contribution >= 4 is 11.6 Å². The van der Waals surface area contributed by atoms with E-state index in [2.05, 4.69) is 22.5 Å². The zero-order chi connectivity index (χ0) is 15.1. The average Bonchev–Trinajstić information content (AvgIpc) is 2.70. The van der Waals surface area contributed by atoms with Crippen molar-refractivity contribution in [3.05, 3.63) is 24.0 Å². The van der Waals surface area contributed by atoms with Gasteiger partial charge >= 0.3 is 0 Å². The minimum atomic E-state index is -0.444. The molecule has 1 amide bonds. The van der Waals surface area contributed by atoms with Gasteiger partial charge in [0, 0.05) is 18.9 Å². The minimum absolute atomic E-state index is 0.153. The van der Waals surface area contributed by atoms with Gasteiger partial charge in [0.05, 0.1) is 23.4 Å². The Morgan fingerprint density at radius 1 is 1.38 bits per heavy atom. The third-order valence-corrected chi connectivity index (χ3v) is 3.93. The van der Waals surface area contributed by atoms with E-state index in [4.69, 9.17) is 0 Å². The molecule has 1 aromatic rings. The lowest BCUT2D eigenvalue weighted by Gasteiger charge is -2.22. The smallest absolute Gasteiger partial charge is 0.255 e. The molecule has 2 unspecified atom stereocenters. The van der Waals surface area contributed by atoms with Gasteiger partial charge in [0.1, 0.15) is 0 Å². The molecule has 1 saturated carbocycles. The standard InChI is InChI=1S/C16H25N3O2/c1-2-9-18-13-8-10-17-11-12(13)16(21)19-14-6-4-3-5-7-15(14)20/h8,10-11,14-15,20H,2-7,9H2,1H3,(H,17,18)(H,19,21). The summed E-state index contributed by atoms with van der Waals surface area (Å²) in [5.74, 6) is -0.160. The summed E-state index contributed by atoms with van der Waals surface area (Å²) in [6, 6.07) is 1.66. The predicted molar refractivity (Wildman–Crippen MR) is 83.4 cm³/mol. The minimum Gasteiger partial charge on any atom is -0.391 e. The van der Waals surface area contributed by atoms with Crippen molar-refractivity contribution in [3.8, 4) is 0 Å². The fourth-order valence-electron chi connectivity index (χ4n) is 2.69. The second-order valence-corrected chi connectivity index (χ2v) is 5.63. The van der Waals surface area contributed by atoms with Crippen molar-refractivity contribution in [2.24, 2.45) is 0 Å². The molecule has 0 bridgehead atoms. The third-order valence-electron chi connectivity index (χ3n) is 3.93. The fraction of sp³-hybridized carbons (Fsp3) is 0.625. The molecule has 1 heterocycles. The predicted octanol–water partition coefficient (Wildman–Crippen LogP) is 2.33. The number of rotatable bonds is 5. The number of aliphatic hydroxyl groups excluding tert-OH is 1. The molecule has 0 saturated heterocycles. The number of hydrogen-bond acceptors (Lipinski definition) is 4. The molecule has 0 spiro atoms. The molecular weight excluding hydrogens is 266 g/mol. The highest BCUT2D eigenvalue weighted by molar-refractivity contribution is 5.99. The highest BCUT2D eigenvalue weighted by Gasteiger charge is 2.24. The lowest BCUT2D eigenvalue weighted by Crippen LogP contribution is -2.42. The quantitative estimate of drug-likeness (QED) is 0.728. The molecule has 1 fully saturated rings. The number of aliphatic hydroxyl groups is 1. The lowest BCUT2D eigenvalue weighted by molar-refractivity contribution is 0.0819. The van der Waals surface area contributed by atoms with Crippen LogP contribution in [0.1, 0.15) is 55.8 Å². The summed E-state index contributed by atoms with van der Waals surface area (Å²) in [5, 5.41) is 16.3. The first kappa shape index (κ1) is 15.8. The van der Waals surface area contributed by atoms with E-state index in [1.807, 2.05) is 6.07 Å². The molecule has 2 atom stereocenters. The number of carbonyl (C=O) groups excluding carboxylic acids is 1. The van der Waals surface area contributed by atoms with Crippen molar-refractivity contribution in [2.75, 3.05) is 11.9 Å². The van der Waals surface area contributed by atoms with Gasteiger partial charge in [0.25, 0.3) is 5.91 Å². The third kappa shape index (κ3) is 4.43. The highest BCUT2D eigenvalue weighted by atomic mass is 16.3. The molecular formula is C16H25N3O2. The van der Waals surface area contributed by atoms with Crippen molar-refractivity contribution in [2.45, 2.75) is 57.6 Å². The second-order valence-electron chi connectivity index (χ2n) is 5.63. The van der Waals surface area contributed by atoms with Crippen LogP contribution in [0.3, 0.4) is 0 Å². The molecule has 3 N–H and O–H groups in total. The van der Waals surface area contributed by atoms with Gasteiger partial charge in [0.15, 0.2) is 0 Å². The average molecular weight is 291 g/mol. The van der Waals surface area contributed by atoms with E-state index < -0.39 is 6.10 Å². The van der Waals surface area contributed by atoms with E-state index in [-0.39, 0.29) is 11.9 Å². The fourth-order valence-corrected chi connectivity index (χ4v) is 2.69. The van der Waals surface area contributed by atoms with Crippen molar-refractivity contribution < 1.29 is 9.90 Å². The highest BCUT2D eigenvalue weighted by Crippen LogP contribution is 2.19. The summed E-state index contributed by atoms with van der Waals surface area (Å²) in [5.41, 5.74) is 1.34. The normalized spacial score (nSPS) is 22.4. The number of hydrogen-bond donors (Lipinski definition) is 3. The Morgan fingerprint density at radius 2 is 2.19 bits per heavy atom. The van der Waals surface area contributed by atoms with Gasteiger partial charge in [0.2, 0.25) is 0 Å². The number of aromatic nitrogens is 1. The lowest BCUT2D eigenvalue weighted by atomic mass is 10.1. The summed E-state index contributed by atoms with van der Waals surface area (Å²) >= 11 is 0. The Hall–Kier alpha value is -1.62. The van der Waals surface area contributed by atoms with E-state index >= 15 is 0 Å². The van der Waals surface area contributed by atoms with Crippen molar-refractivity contribution in [1.29, 1.82) is 0 Å². The summed E-state index contributed by atoms with van der Waals surface area (Å²) in [7, 11) is 0. The summed E-state index contributed by atoms with van der Waals surface area (Å²) in [6.45, 7) is 2.90. The number of amides is 1. The second kappa shape index (κ2) is 7.98.